The molecule has 2 rings (SSSR count). The number of H-pyrrole nitrogens is 1. The second kappa shape index (κ2) is 3.31. The van der Waals surface area contributed by atoms with Gasteiger partial charge in [0.2, 0.25) is 0 Å². The van der Waals surface area contributed by atoms with E-state index in [0.29, 0.717) is 0 Å². The summed E-state index contributed by atoms with van der Waals surface area (Å²) in [5.41, 5.74) is 3.54. The molecule has 0 saturated heterocycles. The predicted octanol–water partition coefficient (Wildman–Crippen LogP) is 3.56. The summed E-state index contributed by atoms with van der Waals surface area (Å²) in [7, 11) is 1.70. The summed E-state index contributed by atoms with van der Waals surface area (Å²) in [4.78, 5) is 3.34. The fraction of sp³-hybridized carbons (Fsp3) is 0.273. The normalized spacial score (nSPS) is 10.9. The zero-order valence-corrected chi connectivity index (χ0v) is 10.0. The van der Waals surface area contributed by atoms with Gasteiger partial charge >= 0.3 is 0 Å². The van der Waals surface area contributed by atoms with E-state index in [1.807, 2.05) is 12.1 Å². The van der Waals surface area contributed by atoms with Crippen LogP contribution in [0.1, 0.15) is 11.3 Å². The molecule has 14 heavy (non-hydrogen) atoms. The maximum absolute atomic E-state index is 5.34. The van der Waals surface area contributed by atoms with Gasteiger partial charge in [0.25, 0.3) is 0 Å². The number of aryl methyl sites for hydroxylation is 2. The molecule has 1 heterocycles. The first-order chi connectivity index (χ1) is 6.65. The Morgan fingerprint density at radius 3 is 2.64 bits per heavy atom. The highest BCUT2D eigenvalue weighted by Crippen LogP contribution is 2.34. The highest BCUT2D eigenvalue weighted by atomic mass is 79.9. The lowest BCUT2D eigenvalue weighted by Gasteiger charge is -2.03. The first kappa shape index (κ1) is 9.59. The van der Waals surface area contributed by atoms with Gasteiger partial charge in [-0.05, 0) is 47.5 Å². The van der Waals surface area contributed by atoms with Gasteiger partial charge in [0, 0.05) is 15.6 Å². The van der Waals surface area contributed by atoms with Crippen molar-refractivity contribution in [3.05, 3.63) is 27.9 Å². The molecule has 0 bridgehead atoms. The summed E-state index contributed by atoms with van der Waals surface area (Å²) in [5, 5.41) is 1.17. The van der Waals surface area contributed by atoms with Gasteiger partial charge in [-0.15, -0.1) is 0 Å². The molecule has 0 aliphatic carbocycles. The highest BCUT2D eigenvalue weighted by molar-refractivity contribution is 9.10. The molecule has 74 valence electrons. The standard InChI is InChI=1S/C11H12BrNO/c1-6-7(2)13-11-8(12)4-5-9(14-3)10(6)11/h4-5,13H,1-3H3. The Kier molecular flexibility index (Phi) is 2.27. The maximum atomic E-state index is 5.34. The SMILES string of the molecule is COc1ccc(Br)c2[nH]c(C)c(C)c12. The van der Waals surface area contributed by atoms with Gasteiger partial charge in [-0.1, -0.05) is 0 Å². The van der Waals surface area contributed by atoms with Crippen LogP contribution in [0.15, 0.2) is 16.6 Å². The molecule has 3 heteroatoms. The average Bonchev–Trinajstić information content (AvgIpc) is 2.47. The van der Waals surface area contributed by atoms with Gasteiger partial charge in [-0.25, -0.2) is 0 Å². The Bertz CT molecular complexity index is 487. The third-order valence-electron chi connectivity index (χ3n) is 2.59. The Balaban J connectivity index is 2.92. The number of benzene rings is 1. The third kappa shape index (κ3) is 1.23. The minimum atomic E-state index is 0.921. The van der Waals surface area contributed by atoms with Crippen LogP contribution in [0.25, 0.3) is 10.9 Å². The largest absolute Gasteiger partial charge is 0.496 e. The van der Waals surface area contributed by atoms with E-state index in [9.17, 15) is 0 Å². The molecule has 1 N–H and O–H groups in total. The zero-order valence-electron chi connectivity index (χ0n) is 8.44. The van der Waals surface area contributed by atoms with E-state index in [0.717, 1.165) is 15.7 Å². The van der Waals surface area contributed by atoms with Crippen LogP contribution >= 0.6 is 15.9 Å². The number of aromatic amines is 1. The fourth-order valence-electron chi connectivity index (χ4n) is 1.69. The molecule has 1 aromatic carbocycles. The molecule has 0 aliphatic heterocycles. The lowest BCUT2D eigenvalue weighted by atomic mass is 10.1. The van der Waals surface area contributed by atoms with Gasteiger partial charge in [0.05, 0.1) is 12.6 Å². The molecule has 0 radical (unpaired) electrons. The van der Waals surface area contributed by atoms with Crippen LogP contribution in [-0.4, -0.2) is 12.1 Å². The maximum Gasteiger partial charge on any atom is 0.128 e. The fourth-order valence-corrected chi connectivity index (χ4v) is 2.12. The lowest BCUT2D eigenvalue weighted by molar-refractivity contribution is 0.419. The molecule has 0 unspecified atom stereocenters. The van der Waals surface area contributed by atoms with Crippen molar-refractivity contribution in [2.75, 3.05) is 7.11 Å². The number of ether oxygens (including phenoxy) is 1. The van der Waals surface area contributed by atoms with Crippen molar-refractivity contribution < 1.29 is 4.74 Å². The Hall–Kier alpha value is -0.960. The summed E-state index contributed by atoms with van der Waals surface area (Å²) in [6.07, 6.45) is 0. The number of fused-ring (bicyclic) bond motifs is 1. The van der Waals surface area contributed by atoms with Crippen LogP contribution in [0.5, 0.6) is 5.75 Å². The molecule has 0 spiro atoms. The smallest absolute Gasteiger partial charge is 0.128 e. The van der Waals surface area contributed by atoms with Crippen molar-refractivity contribution in [3.8, 4) is 5.75 Å². The molecular weight excluding hydrogens is 242 g/mol. The van der Waals surface area contributed by atoms with Crippen LogP contribution in [0, 0.1) is 13.8 Å². The van der Waals surface area contributed by atoms with E-state index in [1.54, 1.807) is 7.11 Å². The van der Waals surface area contributed by atoms with Crippen molar-refractivity contribution >= 4 is 26.8 Å². The predicted molar refractivity (Wildman–Crippen MR) is 62.0 cm³/mol. The van der Waals surface area contributed by atoms with Crippen LogP contribution in [0.3, 0.4) is 0 Å². The van der Waals surface area contributed by atoms with Crippen molar-refractivity contribution in [1.29, 1.82) is 0 Å². The van der Waals surface area contributed by atoms with Crippen LogP contribution in [0.2, 0.25) is 0 Å². The van der Waals surface area contributed by atoms with E-state index in [4.69, 9.17) is 4.74 Å². The minimum absolute atomic E-state index is 0.921. The Morgan fingerprint density at radius 1 is 1.29 bits per heavy atom. The van der Waals surface area contributed by atoms with E-state index in [1.165, 1.54) is 16.6 Å². The lowest BCUT2D eigenvalue weighted by Crippen LogP contribution is -1.84. The number of hydrogen-bond acceptors (Lipinski definition) is 1. The number of methoxy groups -OCH3 is 1. The molecule has 0 aliphatic rings. The summed E-state index contributed by atoms with van der Waals surface area (Å²) < 4.78 is 6.41. The third-order valence-corrected chi connectivity index (χ3v) is 3.25. The van der Waals surface area contributed by atoms with Crippen LogP contribution in [-0.2, 0) is 0 Å². The first-order valence-corrected chi connectivity index (χ1v) is 5.26. The van der Waals surface area contributed by atoms with E-state index in [2.05, 4.69) is 34.8 Å². The molecule has 0 atom stereocenters. The van der Waals surface area contributed by atoms with Crippen molar-refractivity contribution in [2.45, 2.75) is 13.8 Å². The zero-order chi connectivity index (χ0) is 10.3. The van der Waals surface area contributed by atoms with Crippen LogP contribution < -0.4 is 4.74 Å². The van der Waals surface area contributed by atoms with Gasteiger partial charge in [-0.3, -0.25) is 0 Å². The van der Waals surface area contributed by atoms with E-state index < -0.39 is 0 Å². The van der Waals surface area contributed by atoms with E-state index >= 15 is 0 Å². The van der Waals surface area contributed by atoms with Gasteiger partial charge in [0.15, 0.2) is 0 Å². The molecule has 0 fully saturated rings. The molecule has 2 aromatic rings. The van der Waals surface area contributed by atoms with Crippen LogP contribution in [0.4, 0.5) is 0 Å². The van der Waals surface area contributed by atoms with Crippen molar-refractivity contribution in [1.82, 2.24) is 4.98 Å². The topological polar surface area (TPSA) is 25.0 Å². The summed E-state index contributed by atoms with van der Waals surface area (Å²) in [6, 6.07) is 3.98. The molecular formula is C11H12BrNO. The van der Waals surface area contributed by atoms with Crippen molar-refractivity contribution in [2.24, 2.45) is 0 Å². The van der Waals surface area contributed by atoms with Gasteiger partial charge in [0.1, 0.15) is 5.75 Å². The number of nitrogens with one attached hydrogen (secondary N) is 1. The number of hydrogen-bond donors (Lipinski definition) is 1. The first-order valence-electron chi connectivity index (χ1n) is 4.46. The number of halogens is 1. The van der Waals surface area contributed by atoms with E-state index in [-0.39, 0.29) is 0 Å². The molecule has 0 amide bonds. The molecule has 2 nitrogen and oxygen atoms in total. The second-order valence-corrected chi connectivity index (χ2v) is 4.23. The summed E-state index contributed by atoms with van der Waals surface area (Å²) in [5.74, 6) is 0.921. The monoisotopic (exact) mass is 253 g/mol. The summed E-state index contributed by atoms with van der Waals surface area (Å²) >= 11 is 3.52. The number of rotatable bonds is 1. The summed E-state index contributed by atoms with van der Waals surface area (Å²) in [6.45, 7) is 4.17. The highest BCUT2D eigenvalue weighted by Gasteiger charge is 2.11. The second-order valence-electron chi connectivity index (χ2n) is 3.37. The quantitative estimate of drug-likeness (QED) is 0.826. The average molecular weight is 254 g/mol. The Labute approximate surface area is 91.4 Å². The van der Waals surface area contributed by atoms with Gasteiger partial charge < -0.3 is 9.72 Å². The number of aromatic nitrogens is 1. The van der Waals surface area contributed by atoms with Crippen molar-refractivity contribution in [3.63, 3.8) is 0 Å². The Morgan fingerprint density at radius 2 is 2.00 bits per heavy atom. The molecule has 0 saturated carbocycles. The minimum Gasteiger partial charge on any atom is -0.496 e. The molecule has 1 aromatic heterocycles. The van der Waals surface area contributed by atoms with Gasteiger partial charge in [-0.2, -0.15) is 0 Å².